The molecule has 0 aliphatic rings. The molecule has 160 valence electrons. The smallest absolute Gasteiger partial charge is 0.290 e. The molecule has 0 spiro atoms. The van der Waals surface area contributed by atoms with Crippen molar-refractivity contribution in [2.45, 2.75) is 20.8 Å². The molecule has 0 atom stereocenters. The molecular formula is C29H26O3. The van der Waals surface area contributed by atoms with E-state index < -0.39 is 0 Å². The highest BCUT2D eigenvalue weighted by Crippen LogP contribution is 2.36. The zero-order valence-corrected chi connectivity index (χ0v) is 18.5. The first-order chi connectivity index (χ1) is 15.5. The summed E-state index contributed by atoms with van der Waals surface area (Å²) >= 11 is 0. The van der Waals surface area contributed by atoms with Crippen LogP contribution in [0.3, 0.4) is 0 Å². The average molecular weight is 423 g/mol. The summed E-state index contributed by atoms with van der Waals surface area (Å²) in [7, 11) is 0. The van der Waals surface area contributed by atoms with Crippen LogP contribution in [0.5, 0.6) is 0 Å². The molecule has 0 aliphatic carbocycles. The quantitative estimate of drug-likeness (QED) is 0.288. The van der Waals surface area contributed by atoms with Crippen molar-refractivity contribution in [1.29, 1.82) is 0 Å². The highest BCUT2D eigenvalue weighted by Gasteiger charge is 2.21. The fraction of sp³-hybridized carbons (Fsp3) is 0.103. The number of benzene rings is 4. The van der Waals surface area contributed by atoms with Crippen LogP contribution >= 0.6 is 0 Å². The monoisotopic (exact) mass is 422 g/mol. The van der Waals surface area contributed by atoms with Gasteiger partial charge in [0.05, 0.1) is 0 Å². The summed E-state index contributed by atoms with van der Waals surface area (Å²) in [5, 5.41) is 6.89. The first-order valence-electron chi connectivity index (χ1n) is 10.4. The molecule has 32 heavy (non-hydrogen) atoms. The van der Waals surface area contributed by atoms with E-state index in [4.69, 9.17) is 9.90 Å². The van der Waals surface area contributed by atoms with E-state index in [-0.39, 0.29) is 12.3 Å². The van der Waals surface area contributed by atoms with Gasteiger partial charge in [-0.15, -0.1) is 0 Å². The molecular weight excluding hydrogens is 396 g/mol. The standard InChI is InChI=1S/C28H24O.CH2O2/c1-19-17-20(2)26(21(3)18-19)28(29)25-16-10-15-24(22-11-6-4-7-12-22)27(25)23-13-8-5-9-14-23;2-1-3/h4-18H,1-3H3;1H,(H,2,3). The third kappa shape index (κ3) is 4.84. The number of carbonyl (C=O) groups is 2. The van der Waals surface area contributed by atoms with Gasteiger partial charge in [-0.1, -0.05) is 96.6 Å². The van der Waals surface area contributed by atoms with Gasteiger partial charge in [0.1, 0.15) is 0 Å². The number of ketones is 1. The first kappa shape index (κ1) is 22.7. The van der Waals surface area contributed by atoms with Crippen LogP contribution < -0.4 is 0 Å². The van der Waals surface area contributed by atoms with Crippen LogP contribution in [-0.2, 0) is 4.79 Å². The van der Waals surface area contributed by atoms with E-state index in [1.54, 1.807) is 0 Å². The summed E-state index contributed by atoms with van der Waals surface area (Å²) in [6.45, 7) is 5.87. The summed E-state index contributed by atoms with van der Waals surface area (Å²) in [5.41, 5.74) is 9.00. The Hall–Kier alpha value is -3.98. The van der Waals surface area contributed by atoms with Crippen molar-refractivity contribution >= 4 is 12.3 Å². The van der Waals surface area contributed by atoms with Crippen LogP contribution in [0.25, 0.3) is 22.3 Å². The van der Waals surface area contributed by atoms with E-state index in [2.05, 4.69) is 49.4 Å². The molecule has 3 nitrogen and oxygen atoms in total. The summed E-state index contributed by atoms with van der Waals surface area (Å²) in [4.78, 5) is 22.1. The zero-order chi connectivity index (χ0) is 23.1. The first-order valence-corrected chi connectivity index (χ1v) is 10.4. The minimum Gasteiger partial charge on any atom is -0.483 e. The number of hydrogen-bond acceptors (Lipinski definition) is 2. The highest BCUT2D eigenvalue weighted by atomic mass is 16.3. The average Bonchev–Trinajstić information content (AvgIpc) is 2.79. The van der Waals surface area contributed by atoms with E-state index in [0.29, 0.717) is 0 Å². The molecule has 0 aliphatic heterocycles. The summed E-state index contributed by atoms with van der Waals surface area (Å²) in [6.07, 6.45) is 0. The molecule has 0 saturated carbocycles. The van der Waals surface area contributed by atoms with E-state index in [9.17, 15) is 4.79 Å². The normalized spacial score (nSPS) is 10.1. The molecule has 4 rings (SSSR count). The molecule has 1 N–H and O–H groups in total. The lowest BCUT2D eigenvalue weighted by Crippen LogP contribution is -2.09. The summed E-state index contributed by atoms with van der Waals surface area (Å²) in [6, 6.07) is 30.7. The lowest BCUT2D eigenvalue weighted by Gasteiger charge is -2.17. The van der Waals surface area contributed by atoms with Gasteiger partial charge >= 0.3 is 0 Å². The van der Waals surface area contributed by atoms with Crippen LogP contribution in [0.15, 0.2) is 91.0 Å². The molecule has 0 unspecified atom stereocenters. The molecule has 3 heteroatoms. The zero-order valence-electron chi connectivity index (χ0n) is 18.5. The van der Waals surface area contributed by atoms with Crippen molar-refractivity contribution in [3.63, 3.8) is 0 Å². The Morgan fingerprint density at radius 2 is 1.22 bits per heavy atom. The topological polar surface area (TPSA) is 54.4 Å². The Morgan fingerprint density at radius 1 is 0.719 bits per heavy atom. The maximum absolute atomic E-state index is 13.8. The molecule has 0 amide bonds. The fourth-order valence-corrected chi connectivity index (χ4v) is 4.19. The number of carboxylic acid groups (broad SMARTS) is 1. The largest absolute Gasteiger partial charge is 0.483 e. The number of carbonyl (C=O) groups excluding carboxylic acids is 1. The van der Waals surface area contributed by atoms with E-state index in [1.165, 1.54) is 5.56 Å². The number of rotatable bonds is 4. The van der Waals surface area contributed by atoms with Crippen LogP contribution in [0.2, 0.25) is 0 Å². The molecule has 0 aromatic heterocycles. The maximum Gasteiger partial charge on any atom is 0.290 e. The molecule has 4 aromatic carbocycles. The second kappa shape index (κ2) is 10.4. The number of aryl methyl sites for hydroxylation is 3. The van der Waals surface area contributed by atoms with Gasteiger partial charge in [0.15, 0.2) is 5.78 Å². The Balaban J connectivity index is 0.000000913. The predicted octanol–water partition coefficient (Wildman–Crippen LogP) is 6.88. The van der Waals surface area contributed by atoms with Gasteiger partial charge in [0.2, 0.25) is 0 Å². The Labute approximate surface area is 189 Å². The molecule has 0 radical (unpaired) electrons. The third-order valence-corrected chi connectivity index (χ3v) is 5.36. The van der Waals surface area contributed by atoms with Gasteiger partial charge < -0.3 is 5.11 Å². The van der Waals surface area contributed by atoms with Crippen LogP contribution in [0, 0.1) is 20.8 Å². The van der Waals surface area contributed by atoms with Gasteiger partial charge in [-0.25, -0.2) is 0 Å². The van der Waals surface area contributed by atoms with Crippen molar-refractivity contribution in [3.05, 3.63) is 119 Å². The molecule has 0 bridgehead atoms. The van der Waals surface area contributed by atoms with Gasteiger partial charge in [-0.05, 0) is 48.6 Å². The third-order valence-electron chi connectivity index (χ3n) is 5.36. The maximum atomic E-state index is 13.8. The number of hydrogen-bond donors (Lipinski definition) is 1. The lowest BCUT2D eigenvalue weighted by molar-refractivity contribution is -0.122. The Morgan fingerprint density at radius 3 is 1.75 bits per heavy atom. The van der Waals surface area contributed by atoms with Crippen molar-refractivity contribution in [3.8, 4) is 22.3 Å². The lowest BCUT2D eigenvalue weighted by atomic mass is 9.85. The van der Waals surface area contributed by atoms with Gasteiger partial charge in [-0.3, -0.25) is 9.59 Å². The fourth-order valence-electron chi connectivity index (χ4n) is 4.19. The second-order valence-corrected chi connectivity index (χ2v) is 7.67. The Kier molecular flexibility index (Phi) is 7.35. The van der Waals surface area contributed by atoms with Crippen LogP contribution in [-0.4, -0.2) is 17.4 Å². The highest BCUT2D eigenvalue weighted by molar-refractivity contribution is 6.16. The van der Waals surface area contributed by atoms with Crippen molar-refractivity contribution < 1.29 is 14.7 Å². The molecule has 0 heterocycles. The molecule has 0 saturated heterocycles. The van der Waals surface area contributed by atoms with Crippen molar-refractivity contribution in [2.75, 3.05) is 0 Å². The van der Waals surface area contributed by atoms with Gasteiger partial charge in [0, 0.05) is 16.7 Å². The second-order valence-electron chi connectivity index (χ2n) is 7.67. The van der Waals surface area contributed by atoms with E-state index >= 15 is 0 Å². The molecule has 4 aromatic rings. The van der Waals surface area contributed by atoms with Crippen molar-refractivity contribution in [2.24, 2.45) is 0 Å². The SMILES string of the molecule is Cc1cc(C)c(C(=O)c2cccc(-c3ccccc3)c2-c2ccccc2)c(C)c1.O=CO. The van der Waals surface area contributed by atoms with E-state index in [1.807, 2.05) is 62.4 Å². The van der Waals surface area contributed by atoms with Crippen LogP contribution in [0.1, 0.15) is 32.6 Å². The Bertz CT molecular complexity index is 1200. The minimum absolute atomic E-state index is 0.0802. The van der Waals surface area contributed by atoms with E-state index in [0.717, 1.165) is 44.5 Å². The molecule has 0 fully saturated rings. The van der Waals surface area contributed by atoms with Gasteiger partial charge in [0.25, 0.3) is 6.47 Å². The predicted molar refractivity (Wildman–Crippen MR) is 130 cm³/mol. The van der Waals surface area contributed by atoms with Gasteiger partial charge in [-0.2, -0.15) is 0 Å². The van der Waals surface area contributed by atoms with Crippen molar-refractivity contribution in [1.82, 2.24) is 0 Å². The summed E-state index contributed by atoms with van der Waals surface area (Å²) < 4.78 is 0. The minimum atomic E-state index is -0.250. The van der Waals surface area contributed by atoms with Crippen LogP contribution in [0.4, 0.5) is 0 Å². The summed E-state index contributed by atoms with van der Waals surface area (Å²) in [5.74, 6) is 0.0802.